The number of amides is 1. The summed E-state index contributed by atoms with van der Waals surface area (Å²) in [5, 5.41) is 5.09. The van der Waals surface area contributed by atoms with Gasteiger partial charge in [-0.25, -0.2) is 5.01 Å². The summed E-state index contributed by atoms with van der Waals surface area (Å²) < 4.78 is 44.0. The highest BCUT2D eigenvalue weighted by Gasteiger charge is 2.42. The van der Waals surface area contributed by atoms with E-state index in [1.165, 1.54) is 0 Å². The van der Waals surface area contributed by atoms with Gasteiger partial charge in [0.05, 0.1) is 18.1 Å². The van der Waals surface area contributed by atoms with Crippen LogP contribution in [0.4, 0.5) is 13.2 Å². The number of nitrogens with one attached hydrogen (secondary N) is 3. The minimum atomic E-state index is -4.06. The number of carbonyl (C=O) groups excluding carboxylic acids is 1. The highest BCUT2D eigenvalue weighted by Crippen LogP contribution is 2.39. The van der Waals surface area contributed by atoms with E-state index in [2.05, 4.69) is 16.2 Å². The van der Waals surface area contributed by atoms with E-state index in [0.717, 1.165) is 26.0 Å². The van der Waals surface area contributed by atoms with Crippen molar-refractivity contribution in [1.29, 1.82) is 0 Å². The molecule has 0 aromatic rings. The van der Waals surface area contributed by atoms with Crippen molar-refractivity contribution < 1.29 is 27.5 Å². The second-order valence-corrected chi connectivity index (χ2v) is 8.85. The average molecular weight is 420 g/mol. The molecule has 4 rings (SSSR count). The predicted octanol–water partition coefficient (Wildman–Crippen LogP) is 1.50. The second-order valence-electron chi connectivity index (χ2n) is 8.85. The van der Waals surface area contributed by atoms with Crippen molar-refractivity contribution in [2.75, 3.05) is 26.2 Å². The number of halogens is 3. The molecule has 4 fully saturated rings. The fourth-order valence-corrected chi connectivity index (χ4v) is 4.94. The molecule has 166 valence electrons. The summed E-state index contributed by atoms with van der Waals surface area (Å²) in [6.07, 6.45) is 0.171. The van der Waals surface area contributed by atoms with E-state index in [0.29, 0.717) is 32.4 Å². The SMILES string of the molecule is O=C(NC1CNN(CC2CCC(C(F)(F)F)CC2)C1)C1CC(C2CCCO2)ON1. The van der Waals surface area contributed by atoms with Gasteiger partial charge >= 0.3 is 6.18 Å². The third-order valence-electron chi connectivity index (χ3n) is 6.66. The highest BCUT2D eigenvalue weighted by atomic mass is 19.4. The Labute approximate surface area is 169 Å². The molecular formula is C19H31F3N4O3. The molecule has 0 bridgehead atoms. The molecule has 3 saturated heterocycles. The summed E-state index contributed by atoms with van der Waals surface area (Å²) in [6.45, 7) is 2.77. The number of hydrazine groups is 1. The number of ether oxygens (including phenoxy) is 1. The summed E-state index contributed by atoms with van der Waals surface area (Å²) in [5.41, 5.74) is 6.10. The average Bonchev–Trinajstić information content (AvgIpc) is 3.43. The minimum Gasteiger partial charge on any atom is -0.375 e. The van der Waals surface area contributed by atoms with Crippen molar-refractivity contribution >= 4 is 5.91 Å². The van der Waals surface area contributed by atoms with Gasteiger partial charge in [-0.05, 0) is 44.4 Å². The number of hydroxylamine groups is 1. The Bertz CT molecular complexity index is 565. The van der Waals surface area contributed by atoms with Gasteiger partial charge in [0.1, 0.15) is 12.1 Å². The Morgan fingerprint density at radius 1 is 1.14 bits per heavy atom. The van der Waals surface area contributed by atoms with Gasteiger partial charge in [-0.2, -0.15) is 18.7 Å². The van der Waals surface area contributed by atoms with Gasteiger partial charge in [-0.15, -0.1) is 0 Å². The lowest BCUT2D eigenvalue weighted by atomic mass is 9.81. The first kappa shape index (κ1) is 21.3. The van der Waals surface area contributed by atoms with Gasteiger partial charge < -0.3 is 10.1 Å². The fraction of sp³-hybridized carbons (Fsp3) is 0.947. The largest absolute Gasteiger partial charge is 0.391 e. The maximum Gasteiger partial charge on any atom is 0.391 e. The van der Waals surface area contributed by atoms with Crippen molar-refractivity contribution in [2.45, 2.75) is 75.4 Å². The summed E-state index contributed by atoms with van der Waals surface area (Å²) in [4.78, 5) is 18.1. The van der Waals surface area contributed by atoms with Crippen LogP contribution in [-0.2, 0) is 14.4 Å². The first-order valence-corrected chi connectivity index (χ1v) is 10.8. The van der Waals surface area contributed by atoms with Gasteiger partial charge in [0.2, 0.25) is 5.91 Å². The van der Waals surface area contributed by atoms with E-state index in [1.54, 1.807) is 0 Å². The Kier molecular flexibility index (Phi) is 6.65. The maximum atomic E-state index is 12.8. The van der Waals surface area contributed by atoms with Crippen LogP contribution in [0.15, 0.2) is 0 Å². The molecule has 4 atom stereocenters. The molecular weight excluding hydrogens is 389 g/mol. The number of hydrogen-bond acceptors (Lipinski definition) is 6. The monoisotopic (exact) mass is 420 g/mol. The van der Waals surface area contributed by atoms with Crippen LogP contribution in [0.25, 0.3) is 0 Å². The van der Waals surface area contributed by atoms with Crippen molar-refractivity contribution in [1.82, 2.24) is 21.2 Å². The van der Waals surface area contributed by atoms with E-state index < -0.39 is 12.1 Å². The quantitative estimate of drug-likeness (QED) is 0.626. The Balaban J connectivity index is 1.15. The molecule has 1 amide bonds. The zero-order chi connectivity index (χ0) is 20.4. The zero-order valence-corrected chi connectivity index (χ0v) is 16.5. The molecule has 3 heterocycles. The normalized spacial score (nSPS) is 39.1. The molecule has 4 unspecified atom stereocenters. The van der Waals surface area contributed by atoms with E-state index in [9.17, 15) is 18.0 Å². The lowest BCUT2D eigenvalue weighted by Crippen LogP contribution is -2.47. The molecule has 1 aliphatic carbocycles. The molecule has 7 nitrogen and oxygen atoms in total. The molecule has 3 aliphatic heterocycles. The molecule has 4 aliphatic rings. The molecule has 0 aromatic carbocycles. The van der Waals surface area contributed by atoms with Crippen LogP contribution < -0.4 is 16.2 Å². The number of nitrogens with zero attached hydrogens (tertiary/aromatic N) is 1. The van der Waals surface area contributed by atoms with Gasteiger partial charge in [0.25, 0.3) is 0 Å². The fourth-order valence-electron chi connectivity index (χ4n) is 4.94. The summed E-state index contributed by atoms with van der Waals surface area (Å²) in [7, 11) is 0. The Morgan fingerprint density at radius 2 is 1.93 bits per heavy atom. The topological polar surface area (TPSA) is 74.9 Å². The minimum absolute atomic E-state index is 0.0161. The van der Waals surface area contributed by atoms with Gasteiger partial charge in [0, 0.05) is 32.7 Å². The van der Waals surface area contributed by atoms with Crippen LogP contribution in [0.2, 0.25) is 0 Å². The first-order valence-electron chi connectivity index (χ1n) is 10.8. The number of rotatable bonds is 5. The Morgan fingerprint density at radius 3 is 2.62 bits per heavy atom. The summed E-state index contributed by atoms with van der Waals surface area (Å²) >= 11 is 0. The van der Waals surface area contributed by atoms with E-state index >= 15 is 0 Å². The van der Waals surface area contributed by atoms with Crippen molar-refractivity contribution in [3.63, 3.8) is 0 Å². The number of hydrogen-bond donors (Lipinski definition) is 3. The van der Waals surface area contributed by atoms with Crippen molar-refractivity contribution in [2.24, 2.45) is 11.8 Å². The molecule has 1 saturated carbocycles. The van der Waals surface area contributed by atoms with Crippen LogP contribution in [0.3, 0.4) is 0 Å². The maximum absolute atomic E-state index is 12.8. The van der Waals surface area contributed by atoms with Crippen LogP contribution in [0.5, 0.6) is 0 Å². The first-order chi connectivity index (χ1) is 13.9. The third kappa shape index (κ3) is 5.41. The van der Waals surface area contributed by atoms with Crippen LogP contribution >= 0.6 is 0 Å². The summed E-state index contributed by atoms with van der Waals surface area (Å²) in [6, 6.07) is -0.395. The zero-order valence-electron chi connectivity index (χ0n) is 16.5. The van der Waals surface area contributed by atoms with E-state index in [-0.39, 0.29) is 49.0 Å². The number of alkyl halides is 3. The molecule has 10 heteroatoms. The van der Waals surface area contributed by atoms with Crippen LogP contribution in [-0.4, -0.2) is 67.6 Å². The third-order valence-corrected chi connectivity index (χ3v) is 6.66. The lowest BCUT2D eigenvalue weighted by Gasteiger charge is -2.32. The van der Waals surface area contributed by atoms with E-state index in [4.69, 9.17) is 9.57 Å². The molecule has 0 spiro atoms. The molecule has 29 heavy (non-hydrogen) atoms. The summed E-state index contributed by atoms with van der Waals surface area (Å²) in [5.74, 6) is -0.950. The molecule has 0 radical (unpaired) electrons. The Hall–Kier alpha value is -0.940. The van der Waals surface area contributed by atoms with Crippen molar-refractivity contribution in [3.8, 4) is 0 Å². The van der Waals surface area contributed by atoms with Gasteiger partial charge in [0.15, 0.2) is 0 Å². The standard InChI is InChI=1S/C19H31F3N4O3/c20-19(21,22)13-5-3-12(4-6-13)10-26-11-14(9-23-26)24-18(27)15-8-17(29-25-15)16-2-1-7-28-16/h12-17,23,25H,1-11H2,(H,24,27). The molecule has 0 aromatic heterocycles. The van der Waals surface area contributed by atoms with Crippen LogP contribution in [0, 0.1) is 11.8 Å². The van der Waals surface area contributed by atoms with Gasteiger partial charge in [-0.3, -0.25) is 15.1 Å². The number of carbonyl (C=O) groups is 1. The van der Waals surface area contributed by atoms with Crippen molar-refractivity contribution in [3.05, 3.63) is 0 Å². The van der Waals surface area contributed by atoms with E-state index in [1.807, 2.05) is 5.01 Å². The smallest absolute Gasteiger partial charge is 0.375 e. The molecule has 3 N–H and O–H groups in total. The van der Waals surface area contributed by atoms with Crippen LogP contribution in [0.1, 0.15) is 44.9 Å². The predicted molar refractivity (Wildman–Crippen MR) is 98.4 cm³/mol. The second kappa shape index (κ2) is 9.05. The van der Waals surface area contributed by atoms with Gasteiger partial charge in [-0.1, -0.05) is 0 Å². The highest BCUT2D eigenvalue weighted by molar-refractivity contribution is 5.82. The lowest BCUT2D eigenvalue weighted by molar-refractivity contribution is -0.184.